The zero-order valence-corrected chi connectivity index (χ0v) is 15.1. The van der Waals surface area contributed by atoms with E-state index in [2.05, 4.69) is 13.8 Å². The summed E-state index contributed by atoms with van der Waals surface area (Å²) in [5.41, 5.74) is 7.50. The second-order valence-corrected chi connectivity index (χ2v) is 6.66. The first-order chi connectivity index (χ1) is 11.9. The van der Waals surface area contributed by atoms with Crippen LogP contribution in [-0.2, 0) is 0 Å². The molecule has 0 aliphatic carbocycles. The highest BCUT2D eigenvalue weighted by Crippen LogP contribution is 2.17. The molecule has 0 saturated carbocycles. The lowest BCUT2D eigenvalue weighted by atomic mass is 9.97. The molecule has 2 N–H and O–H groups in total. The molecule has 2 rings (SSSR count). The third-order valence-electron chi connectivity index (χ3n) is 4.44. The summed E-state index contributed by atoms with van der Waals surface area (Å²) >= 11 is 0. The van der Waals surface area contributed by atoms with Crippen molar-refractivity contribution < 1.29 is 9.59 Å². The molecule has 1 unspecified atom stereocenters. The molecule has 0 spiro atoms. The Balaban J connectivity index is 2.19. The predicted molar refractivity (Wildman–Crippen MR) is 101 cm³/mol. The van der Waals surface area contributed by atoms with Crippen LogP contribution in [0.15, 0.2) is 54.6 Å². The summed E-state index contributed by atoms with van der Waals surface area (Å²) in [4.78, 5) is 27.2. The van der Waals surface area contributed by atoms with Gasteiger partial charge in [0.15, 0.2) is 5.78 Å². The van der Waals surface area contributed by atoms with E-state index in [1.54, 1.807) is 48.3 Å². The molecule has 0 radical (unpaired) electrons. The van der Waals surface area contributed by atoms with Crippen LogP contribution in [0.4, 0.5) is 0 Å². The van der Waals surface area contributed by atoms with Crippen molar-refractivity contribution in [2.75, 3.05) is 13.6 Å². The van der Waals surface area contributed by atoms with Crippen LogP contribution in [0.2, 0.25) is 0 Å². The first kappa shape index (κ1) is 18.9. The first-order valence-corrected chi connectivity index (χ1v) is 8.61. The number of nitrogens with two attached hydrogens (primary N) is 1. The van der Waals surface area contributed by atoms with E-state index in [9.17, 15) is 9.59 Å². The van der Waals surface area contributed by atoms with E-state index in [1.165, 1.54) is 0 Å². The fourth-order valence-corrected chi connectivity index (χ4v) is 2.60. The molecule has 0 saturated heterocycles. The van der Waals surface area contributed by atoms with Crippen LogP contribution in [0.1, 0.15) is 46.5 Å². The summed E-state index contributed by atoms with van der Waals surface area (Å²) < 4.78 is 0. The van der Waals surface area contributed by atoms with E-state index < -0.39 is 0 Å². The summed E-state index contributed by atoms with van der Waals surface area (Å²) in [6, 6.07) is 16.0. The summed E-state index contributed by atoms with van der Waals surface area (Å²) in [5, 5.41) is 0. The second kappa shape index (κ2) is 8.58. The Bertz CT molecular complexity index is 726. The molecule has 4 heteroatoms. The van der Waals surface area contributed by atoms with E-state index in [0.29, 0.717) is 29.2 Å². The maximum atomic E-state index is 12.8. The van der Waals surface area contributed by atoms with Gasteiger partial charge in [-0.1, -0.05) is 62.4 Å². The standard InChI is InChI=1S/C21H26N2O2/c1-15(2)19(22)13-14-23(3)21(25)18-12-8-7-11-17(18)20(24)16-9-5-4-6-10-16/h4-12,15,19H,13-14,22H2,1-3H3. The molecule has 132 valence electrons. The third-order valence-corrected chi connectivity index (χ3v) is 4.44. The maximum Gasteiger partial charge on any atom is 0.254 e. The SMILES string of the molecule is CC(C)C(N)CCN(C)C(=O)c1ccccc1C(=O)c1ccccc1. The van der Waals surface area contributed by atoms with Gasteiger partial charge in [-0.3, -0.25) is 9.59 Å². The normalized spacial score (nSPS) is 12.0. The molecule has 0 bridgehead atoms. The highest BCUT2D eigenvalue weighted by Gasteiger charge is 2.21. The fraction of sp³-hybridized carbons (Fsp3) is 0.333. The lowest BCUT2D eigenvalue weighted by molar-refractivity contribution is 0.0784. The number of nitrogens with zero attached hydrogens (tertiary/aromatic N) is 1. The molecule has 1 amide bonds. The van der Waals surface area contributed by atoms with Gasteiger partial charge in [0, 0.05) is 30.8 Å². The van der Waals surface area contributed by atoms with Crippen molar-refractivity contribution in [1.29, 1.82) is 0 Å². The molecule has 4 nitrogen and oxygen atoms in total. The minimum atomic E-state index is -0.157. The highest BCUT2D eigenvalue weighted by molar-refractivity contribution is 6.15. The number of carbonyl (C=O) groups is 2. The Morgan fingerprint density at radius 3 is 2.12 bits per heavy atom. The minimum Gasteiger partial charge on any atom is -0.342 e. The molecule has 0 aliphatic heterocycles. The quantitative estimate of drug-likeness (QED) is 0.787. The largest absolute Gasteiger partial charge is 0.342 e. The number of carbonyl (C=O) groups excluding carboxylic acids is 2. The lowest BCUT2D eigenvalue weighted by Gasteiger charge is -2.22. The average molecular weight is 338 g/mol. The van der Waals surface area contributed by atoms with E-state index in [0.717, 1.165) is 6.42 Å². The Morgan fingerprint density at radius 1 is 0.960 bits per heavy atom. The van der Waals surface area contributed by atoms with Crippen molar-refractivity contribution in [3.63, 3.8) is 0 Å². The molecule has 2 aromatic carbocycles. The van der Waals surface area contributed by atoms with Crippen molar-refractivity contribution in [3.05, 3.63) is 71.3 Å². The van der Waals surface area contributed by atoms with Crippen LogP contribution in [0, 0.1) is 5.92 Å². The van der Waals surface area contributed by atoms with Gasteiger partial charge in [0.2, 0.25) is 0 Å². The van der Waals surface area contributed by atoms with Gasteiger partial charge in [-0.05, 0) is 18.4 Å². The first-order valence-electron chi connectivity index (χ1n) is 8.61. The van der Waals surface area contributed by atoms with Crippen molar-refractivity contribution in [1.82, 2.24) is 4.90 Å². The third kappa shape index (κ3) is 4.77. The van der Waals surface area contributed by atoms with E-state index in [4.69, 9.17) is 5.73 Å². The lowest BCUT2D eigenvalue weighted by Crippen LogP contribution is -2.35. The number of hydrogen-bond donors (Lipinski definition) is 1. The maximum absolute atomic E-state index is 12.8. The smallest absolute Gasteiger partial charge is 0.254 e. The summed E-state index contributed by atoms with van der Waals surface area (Å²) in [5.74, 6) is 0.0723. The number of amides is 1. The van der Waals surface area contributed by atoms with Gasteiger partial charge in [-0.25, -0.2) is 0 Å². The zero-order valence-electron chi connectivity index (χ0n) is 15.1. The predicted octanol–water partition coefficient (Wildman–Crippen LogP) is 3.36. The molecule has 0 heterocycles. The molecule has 0 aromatic heterocycles. The van der Waals surface area contributed by atoms with E-state index >= 15 is 0 Å². The summed E-state index contributed by atoms with van der Waals surface area (Å²) in [7, 11) is 1.75. The number of benzene rings is 2. The Labute approximate surface area is 149 Å². The Hall–Kier alpha value is -2.46. The average Bonchev–Trinajstić information content (AvgIpc) is 2.65. The topological polar surface area (TPSA) is 63.4 Å². The Morgan fingerprint density at radius 2 is 1.52 bits per heavy atom. The summed E-state index contributed by atoms with van der Waals surface area (Å²) in [6.07, 6.45) is 0.731. The van der Waals surface area contributed by atoms with Crippen molar-refractivity contribution in [2.24, 2.45) is 11.7 Å². The molecule has 25 heavy (non-hydrogen) atoms. The van der Waals surface area contributed by atoms with Gasteiger partial charge < -0.3 is 10.6 Å². The molecule has 2 aromatic rings. The molecular formula is C21H26N2O2. The summed E-state index contributed by atoms with van der Waals surface area (Å²) in [6.45, 7) is 4.70. The second-order valence-electron chi connectivity index (χ2n) is 6.66. The Kier molecular flexibility index (Phi) is 6.48. The number of hydrogen-bond acceptors (Lipinski definition) is 3. The van der Waals surface area contributed by atoms with E-state index in [1.807, 2.05) is 18.2 Å². The number of ketones is 1. The van der Waals surface area contributed by atoms with Crippen molar-refractivity contribution >= 4 is 11.7 Å². The van der Waals surface area contributed by atoms with Crippen LogP contribution < -0.4 is 5.73 Å². The van der Waals surface area contributed by atoms with Gasteiger partial charge in [0.05, 0.1) is 5.56 Å². The minimum absolute atomic E-state index is 0.0523. The molecule has 1 atom stereocenters. The van der Waals surface area contributed by atoms with Gasteiger partial charge in [-0.15, -0.1) is 0 Å². The van der Waals surface area contributed by atoms with Gasteiger partial charge in [-0.2, -0.15) is 0 Å². The fourth-order valence-electron chi connectivity index (χ4n) is 2.60. The van der Waals surface area contributed by atoms with Gasteiger partial charge >= 0.3 is 0 Å². The number of rotatable bonds is 7. The van der Waals surface area contributed by atoms with Crippen LogP contribution in [0.5, 0.6) is 0 Å². The van der Waals surface area contributed by atoms with Gasteiger partial charge in [0.25, 0.3) is 5.91 Å². The van der Waals surface area contributed by atoms with Crippen LogP contribution >= 0.6 is 0 Å². The molecule has 0 aliphatic rings. The van der Waals surface area contributed by atoms with E-state index in [-0.39, 0.29) is 17.7 Å². The van der Waals surface area contributed by atoms with Crippen LogP contribution in [0.3, 0.4) is 0 Å². The van der Waals surface area contributed by atoms with Crippen molar-refractivity contribution in [2.45, 2.75) is 26.3 Å². The zero-order chi connectivity index (χ0) is 18.4. The van der Waals surface area contributed by atoms with Crippen LogP contribution in [-0.4, -0.2) is 36.2 Å². The highest BCUT2D eigenvalue weighted by atomic mass is 16.2. The van der Waals surface area contributed by atoms with Crippen molar-refractivity contribution in [3.8, 4) is 0 Å². The molecular weight excluding hydrogens is 312 g/mol. The molecule has 0 fully saturated rings. The van der Waals surface area contributed by atoms with Crippen LogP contribution in [0.25, 0.3) is 0 Å². The monoisotopic (exact) mass is 338 g/mol. The van der Waals surface area contributed by atoms with Gasteiger partial charge in [0.1, 0.15) is 0 Å².